The normalized spacial score (nSPS) is 12.9. The lowest BCUT2D eigenvalue weighted by Gasteiger charge is -2.07. The van der Waals surface area contributed by atoms with Gasteiger partial charge in [-0.25, -0.2) is 4.98 Å². The summed E-state index contributed by atoms with van der Waals surface area (Å²) in [6, 6.07) is 2.14. The third-order valence-electron chi connectivity index (χ3n) is 2.90. The van der Waals surface area contributed by atoms with Gasteiger partial charge in [0.25, 0.3) is 0 Å². The predicted octanol–water partition coefficient (Wildman–Crippen LogP) is 1.74. The smallest absolute Gasteiger partial charge is 0.196 e. The lowest BCUT2D eigenvalue weighted by molar-refractivity contribution is 0.449. The summed E-state index contributed by atoms with van der Waals surface area (Å²) in [6.07, 6.45) is 5.65. The number of nitrogens with zero attached hydrogens (tertiary/aromatic N) is 2. The van der Waals surface area contributed by atoms with Crippen LogP contribution in [0.2, 0.25) is 0 Å². The van der Waals surface area contributed by atoms with Crippen LogP contribution in [0.1, 0.15) is 22.9 Å². The molecule has 1 unspecified atom stereocenters. The fourth-order valence-electron chi connectivity index (χ4n) is 1.91. The van der Waals surface area contributed by atoms with E-state index in [4.69, 9.17) is 10.2 Å². The minimum atomic E-state index is 0.0508. The quantitative estimate of drug-likeness (QED) is 0.875. The molecule has 17 heavy (non-hydrogen) atoms. The molecule has 0 bridgehead atoms. The van der Waals surface area contributed by atoms with Gasteiger partial charge in [0.05, 0.1) is 5.69 Å². The van der Waals surface area contributed by atoms with Gasteiger partial charge >= 0.3 is 0 Å². The van der Waals surface area contributed by atoms with Gasteiger partial charge < -0.3 is 14.7 Å². The summed E-state index contributed by atoms with van der Waals surface area (Å²) in [5.74, 6) is 1.62. The molecule has 4 nitrogen and oxygen atoms in total. The molecule has 2 rings (SSSR count). The molecule has 0 fully saturated rings. The van der Waals surface area contributed by atoms with Crippen molar-refractivity contribution in [1.29, 1.82) is 0 Å². The molecule has 4 heteroatoms. The number of hydrogen-bond donors (Lipinski definition) is 1. The number of oxazole rings is 1. The zero-order valence-electron chi connectivity index (χ0n) is 10.6. The van der Waals surface area contributed by atoms with Crippen LogP contribution in [0, 0.1) is 13.8 Å². The van der Waals surface area contributed by atoms with E-state index in [1.165, 1.54) is 5.56 Å². The minimum Gasteiger partial charge on any atom is -0.446 e. The summed E-state index contributed by atoms with van der Waals surface area (Å²) >= 11 is 0. The molecule has 2 aromatic rings. The highest BCUT2D eigenvalue weighted by Crippen LogP contribution is 2.11. The summed E-state index contributed by atoms with van der Waals surface area (Å²) in [4.78, 5) is 4.35. The number of rotatable bonds is 4. The minimum absolute atomic E-state index is 0.0508. The fraction of sp³-hybridized carbons (Fsp3) is 0.462. The van der Waals surface area contributed by atoms with Crippen LogP contribution in [-0.4, -0.2) is 15.6 Å². The van der Waals surface area contributed by atoms with Crippen molar-refractivity contribution < 1.29 is 4.42 Å². The molecule has 2 heterocycles. The van der Waals surface area contributed by atoms with Gasteiger partial charge in [-0.05, 0) is 31.9 Å². The Hall–Kier alpha value is -1.55. The highest BCUT2D eigenvalue weighted by atomic mass is 16.4. The first kappa shape index (κ1) is 11.9. The van der Waals surface area contributed by atoms with Crippen LogP contribution in [0.15, 0.2) is 22.9 Å². The molecule has 0 aliphatic carbocycles. The fourth-order valence-corrected chi connectivity index (χ4v) is 1.91. The zero-order chi connectivity index (χ0) is 12.4. The highest BCUT2D eigenvalue weighted by Gasteiger charge is 2.11. The van der Waals surface area contributed by atoms with Crippen molar-refractivity contribution in [3.63, 3.8) is 0 Å². The summed E-state index contributed by atoms with van der Waals surface area (Å²) in [5.41, 5.74) is 8.30. The molecule has 0 saturated carbocycles. The Balaban J connectivity index is 1.95. The summed E-state index contributed by atoms with van der Waals surface area (Å²) in [6.45, 7) is 3.87. The van der Waals surface area contributed by atoms with E-state index in [-0.39, 0.29) is 6.04 Å². The maximum absolute atomic E-state index is 6.10. The van der Waals surface area contributed by atoms with Crippen molar-refractivity contribution in [2.75, 3.05) is 0 Å². The van der Waals surface area contributed by atoms with Gasteiger partial charge in [-0.3, -0.25) is 0 Å². The van der Waals surface area contributed by atoms with Crippen molar-refractivity contribution >= 4 is 0 Å². The van der Waals surface area contributed by atoms with Gasteiger partial charge in [-0.15, -0.1) is 0 Å². The predicted molar refractivity (Wildman–Crippen MR) is 66.8 cm³/mol. The summed E-state index contributed by atoms with van der Waals surface area (Å²) in [5, 5.41) is 0. The number of aromatic nitrogens is 2. The maximum atomic E-state index is 6.10. The Morgan fingerprint density at radius 1 is 1.41 bits per heavy atom. The van der Waals surface area contributed by atoms with Crippen molar-refractivity contribution in [2.45, 2.75) is 32.7 Å². The van der Waals surface area contributed by atoms with E-state index in [0.29, 0.717) is 6.42 Å². The molecule has 0 spiro atoms. The molecule has 92 valence electrons. The number of hydrogen-bond acceptors (Lipinski definition) is 3. The Morgan fingerprint density at radius 3 is 2.71 bits per heavy atom. The van der Waals surface area contributed by atoms with Crippen molar-refractivity contribution in [2.24, 2.45) is 12.8 Å². The van der Waals surface area contributed by atoms with Gasteiger partial charge in [-0.1, -0.05) is 0 Å². The molecule has 0 saturated heterocycles. The third kappa shape index (κ3) is 2.97. The number of aryl methyl sites for hydroxylation is 3. The maximum Gasteiger partial charge on any atom is 0.196 e. The van der Waals surface area contributed by atoms with Crippen molar-refractivity contribution in [1.82, 2.24) is 9.55 Å². The largest absolute Gasteiger partial charge is 0.446 e. The average molecular weight is 233 g/mol. The molecule has 0 aliphatic rings. The molecular weight excluding hydrogens is 214 g/mol. The second-order valence-corrected chi connectivity index (χ2v) is 4.60. The molecule has 0 aliphatic heterocycles. The Morgan fingerprint density at radius 2 is 2.18 bits per heavy atom. The molecule has 2 aromatic heterocycles. The first-order chi connectivity index (χ1) is 8.04. The molecule has 2 N–H and O–H groups in total. The van der Waals surface area contributed by atoms with Crippen LogP contribution >= 0.6 is 0 Å². The summed E-state index contributed by atoms with van der Waals surface area (Å²) < 4.78 is 7.56. The third-order valence-corrected chi connectivity index (χ3v) is 2.90. The van der Waals surface area contributed by atoms with E-state index in [0.717, 1.165) is 23.8 Å². The van der Waals surface area contributed by atoms with Gasteiger partial charge in [0.1, 0.15) is 5.76 Å². The first-order valence-electron chi connectivity index (χ1n) is 5.84. The van der Waals surface area contributed by atoms with Crippen LogP contribution in [0.3, 0.4) is 0 Å². The van der Waals surface area contributed by atoms with Crippen molar-refractivity contribution in [3.8, 4) is 0 Å². The lowest BCUT2D eigenvalue weighted by atomic mass is 10.1. The molecule has 0 radical (unpaired) electrons. The topological polar surface area (TPSA) is 57.0 Å². The lowest BCUT2D eigenvalue weighted by Crippen LogP contribution is -2.25. The number of nitrogens with two attached hydrogens (primary N) is 1. The average Bonchev–Trinajstić information content (AvgIpc) is 2.75. The van der Waals surface area contributed by atoms with Crippen LogP contribution in [-0.2, 0) is 19.9 Å². The zero-order valence-corrected chi connectivity index (χ0v) is 10.6. The van der Waals surface area contributed by atoms with E-state index >= 15 is 0 Å². The molecule has 1 atom stereocenters. The van der Waals surface area contributed by atoms with Crippen LogP contribution in [0.25, 0.3) is 0 Å². The Labute approximate surface area is 101 Å². The second-order valence-electron chi connectivity index (χ2n) is 4.60. The van der Waals surface area contributed by atoms with E-state index in [1.807, 2.05) is 31.7 Å². The van der Waals surface area contributed by atoms with E-state index < -0.39 is 0 Å². The molecule has 0 amide bonds. The van der Waals surface area contributed by atoms with Crippen molar-refractivity contribution in [3.05, 3.63) is 41.4 Å². The second kappa shape index (κ2) is 4.75. The van der Waals surface area contributed by atoms with E-state index in [2.05, 4.69) is 17.2 Å². The monoisotopic (exact) mass is 233 g/mol. The van der Waals surface area contributed by atoms with Crippen LogP contribution < -0.4 is 5.73 Å². The SMILES string of the molecule is Cc1nc(CC(N)Cc2ccn(C)c2)oc1C. The van der Waals surface area contributed by atoms with Crippen LogP contribution in [0.5, 0.6) is 0 Å². The molecular formula is C13H19N3O. The first-order valence-corrected chi connectivity index (χ1v) is 5.84. The van der Waals surface area contributed by atoms with Gasteiger partial charge in [-0.2, -0.15) is 0 Å². The highest BCUT2D eigenvalue weighted by molar-refractivity contribution is 5.12. The van der Waals surface area contributed by atoms with E-state index in [1.54, 1.807) is 0 Å². The Bertz CT molecular complexity index is 479. The van der Waals surface area contributed by atoms with E-state index in [9.17, 15) is 0 Å². The van der Waals surface area contributed by atoms with Gasteiger partial charge in [0.2, 0.25) is 0 Å². The van der Waals surface area contributed by atoms with Gasteiger partial charge in [0, 0.05) is 31.9 Å². The van der Waals surface area contributed by atoms with Crippen LogP contribution in [0.4, 0.5) is 0 Å². The Kier molecular flexibility index (Phi) is 3.33. The van der Waals surface area contributed by atoms with Gasteiger partial charge in [0.15, 0.2) is 5.89 Å². The standard InChI is InChI=1S/C13H19N3O/c1-9-10(2)17-13(15-9)7-12(14)6-11-4-5-16(3)8-11/h4-5,8,12H,6-7,14H2,1-3H3. The summed E-state index contributed by atoms with van der Waals surface area (Å²) in [7, 11) is 2.01. The molecule has 0 aromatic carbocycles.